The highest BCUT2D eigenvalue weighted by atomic mass is 16.3. The molecule has 0 radical (unpaired) electrons. The van der Waals surface area contributed by atoms with Gasteiger partial charge in [-0.3, -0.25) is 4.79 Å². The predicted octanol–water partition coefficient (Wildman–Crippen LogP) is 7.05. The van der Waals surface area contributed by atoms with Crippen molar-refractivity contribution in [3.63, 3.8) is 0 Å². The minimum atomic E-state index is -0.426. The van der Waals surface area contributed by atoms with Crippen molar-refractivity contribution in [2.24, 2.45) is 38.7 Å². The number of rotatable bonds is 1. The van der Waals surface area contributed by atoms with Crippen molar-refractivity contribution in [2.45, 2.75) is 92.9 Å². The summed E-state index contributed by atoms with van der Waals surface area (Å²) >= 11 is 0. The molecule has 0 bridgehead atoms. The Labute approximate surface area is 199 Å². The number of nitrogens with two attached hydrogens (primary N) is 1. The van der Waals surface area contributed by atoms with Gasteiger partial charge in [0.15, 0.2) is 11.5 Å². The molecule has 0 aromatic rings. The van der Waals surface area contributed by atoms with Gasteiger partial charge in [0.05, 0.1) is 0 Å². The monoisotopic (exact) mass is 453 g/mol. The van der Waals surface area contributed by atoms with Gasteiger partial charge in [0.1, 0.15) is 0 Å². The van der Waals surface area contributed by atoms with Crippen LogP contribution in [0.2, 0.25) is 0 Å². The fourth-order valence-electron chi connectivity index (χ4n) is 8.06. The topological polar surface area (TPSA) is 83.6 Å². The van der Waals surface area contributed by atoms with Crippen molar-refractivity contribution in [3.05, 3.63) is 47.0 Å². The molecule has 4 rings (SSSR count). The van der Waals surface area contributed by atoms with Crippen molar-refractivity contribution in [1.82, 2.24) is 0 Å². The Balaban J connectivity index is 1.82. The van der Waals surface area contributed by atoms with Gasteiger partial charge in [-0.1, -0.05) is 58.4 Å². The molecule has 33 heavy (non-hydrogen) atoms. The number of aliphatic hydroxyl groups excluding tert-OH is 2. The van der Waals surface area contributed by atoms with Crippen molar-refractivity contribution in [2.75, 3.05) is 0 Å². The number of fused-ring (bicyclic) bond motifs is 5. The Kier molecular flexibility index (Phi) is 5.50. The summed E-state index contributed by atoms with van der Waals surface area (Å²) in [6.07, 6.45) is 16.1. The summed E-state index contributed by atoms with van der Waals surface area (Å²) < 4.78 is 0. The van der Waals surface area contributed by atoms with Crippen LogP contribution >= 0.6 is 0 Å². The number of amides is 1. The highest BCUT2D eigenvalue weighted by Crippen LogP contribution is 2.74. The molecule has 4 N–H and O–H groups in total. The minimum Gasteiger partial charge on any atom is -0.504 e. The lowest BCUT2D eigenvalue weighted by atomic mass is 9.35. The van der Waals surface area contributed by atoms with E-state index in [1.165, 1.54) is 5.57 Å². The van der Waals surface area contributed by atoms with Gasteiger partial charge in [-0.2, -0.15) is 0 Å². The first kappa shape index (κ1) is 24.2. The maximum atomic E-state index is 12.5. The summed E-state index contributed by atoms with van der Waals surface area (Å²) in [6.45, 7) is 13.6. The molecule has 0 aromatic carbocycles. The maximum absolute atomic E-state index is 12.5. The first-order valence-corrected chi connectivity index (χ1v) is 12.7. The van der Waals surface area contributed by atoms with Crippen LogP contribution in [0.3, 0.4) is 0 Å². The normalized spacial score (nSPS) is 52.1. The first-order valence-electron chi connectivity index (χ1n) is 12.7. The zero-order chi connectivity index (χ0) is 24.4. The zero-order valence-corrected chi connectivity index (χ0v) is 21.4. The lowest BCUT2D eigenvalue weighted by molar-refractivity contribution is -0.167. The fraction of sp³-hybridized carbons (Fsp3) is 0.690. The molecule has 6 atom stereocenters. The summed E-state index contributed by atoms with van der Waals surface area (Å²) in [6, 6.07) is 0. The number of carbonyl (C=O) groups is 1. The summed E-state index contributed by atoms with van der Waals surface area (Å²) in [7, 11) is 0. The Hall–Kier alpha value is -1.97. The molecule has 0 heterocycles. The van der Waals surface area contributed by atoms with Gasteiger partial charge < -0.3 is 15.9 Å². The third-order valence-corrected chi connectivity index (χ3v) is 10.9. The molecule has 4 aliphatic carbocycles. The van der Waals surface area contributed by atoms with Crippen molar-refractivity contribution >= 4 is 5.91 Å². The predicted molar refractivity (Wildman–Crippen MR) is 133 cm³/mol. The second kappa shape index (κ2) is 7.52. The van der Waals surface area contributed by atoms with Crippen LogP contribution in [0.4, 0.5) is 0 Å². The Morgan fingerprint density at radius 1 is 0.970 bits per heavy atom. The van der Waals surface area contributed by atoms with Gasteiger partial charge in [0, 0.05) is 10.8 Å². The van der Waals surface area contributed by atoms with Crippen LogP contribution in [0, 0.1) is 33.0 Å². The van der Waals surface area contributed by atoms with Gasteiger partial charge in [0.25, 0.3) is 0 Å². The van der Waals surface area contributed by atoms with Crippen LogP contribution in [0.25, 0.3) is 0 Å². The van der Waals surface area contributed by atoms with Gasteiger partial charge in [0.2, 0.25) is 5.91 Å². The van der Waals surface area contributed by atoms with Crippen LogP contribution in [0.5, 0.6) is 0 Å². The minimum absolute atomic E-state index is 0.00721. The lowest BCUT2D eigenvalue weighted by Crippen LogP contribution is -2.61. The molecule has 4 aliphatic rings. The van der Waals surface area contributed by atoms with Crippen molar-refractivity contribution in [1.29, 1.82) is 0 Å². The van der Waals surface area contributed by atoms with Crippen LogP contribution in [0.1, 0.15) is 92.9 Å². The van der Waals surface area contributed by atoms with E-state index in [0.29, 0.717) is 11.5 Å². The average Bonchev–Trinajstić information content (AvgIpc) is 2.76. The molecule has 0 aliphatic heterocycles. The summed E-state index contributed by atoms with van der Waals surface area (Å²) in [5.41, 5.74) is 7.77. The Morgan fingerprint density at radius 2 is 1.64 bits per heavy atom. The fourth-order valence-corrected chi connectivity index (χ4v) is 8.06. The summed E-state index contributed by atoms with van der Waals surface area (Å²) in [5.74, 6) is 0.185. The highest BCUT2D eigenvalue weighted by molar-refractivity contribution is 5.80. The molecule has 4 nitrogen and oxygen atoms in total. The van der Waals surface area contributed by atoms with E-state index in [4.69, 9.17) is 5.73 Å². The van der Waals surface area contributed by atoms with Crippen molar-refractivity contribution in [3.8, 4) is 0 Å². The molecule has 0 aromatic heterocycles. The average molecular weight is 454 g/mol. The SMILES string of the molecule is CC1=C\C/C=C2\[C@](C)(/C=C/C(O)=C\1O)CC[C@@]1(C)[C@@H]3C[C@](C)(C(N)=O)CC[C@]3(C)CC[C@]21C. The Morgan fingerprint density at radius 3 is 2.30 bits per heavy atom. The van der Waals surface area contributed by atoms with Gasteiger partial charge in [-0.05, 0) is 92.1 Å². The summed E-state index contributed by atoms with van der Waals surface area (Å²) in [5, 5.41) is 20.8. The van der Waals surface area contributed by atoms with E-state index in [-0.39, 0.29) is 39.1 Å². The molecule has 0 unspecified atom stereocenters. The van der Waals surface area contributed by atoms with Crippen LogP contribution in [-0.4, -0.2) is 16.1 Å². The summed E-state index contributed by atoms with van der Waals surface area (Å²) in [4.78, 5) is 12.5. The Bertz CT molecular complexity index is 989. The number of hydrogen-bond acceptors (Lipinski definition) is 3. The van der Waals surface area contributed by atoms with Gasteiger partial charge in [-0.15, -0.1) is 0 Å². The molecule has 3 fully saturated rings. The van der Waals surface area contributed by atoms with Crippen molar-refractivity contribution < 1.29 is 15.0 Å². The second-order valence-electron chi connectivity index (χ2n) is 12.8. The number of allylic oxidation sites excluding steroid dienone is 6. The quantitative estimate of drug-likeness (QED) is 0.372. The number of carbonyl (C=O) groups excluding carboxylic acids is 1. The molecule has 0 saturated heterocycles. The van der Waals surface area contributed by atoms with Crippen LogP contribution < -0.4 is 5.73 Å². The number of primary amides is 1. The molecule has 4 heteroatoms. The van der Waals surface area contributed by atoms with Gasteiger partial charge >= 0.3 is 0 Å². The first-order chi connectivity index (χ1) is 15.2. The van der Waals surface area contributed by atoms with E-state index in [0.717, 1.165) is 51.4 Å². The van der Waals surface area contributed by atoms with Crippen LogP contribution in [-0.2, 0) is 4.79 Å². The smallest absolute Gasteiger partial charge is 0.223 e. The van der Waals surface area contributed by atoms with E-state index < -0.39 is 5.41 Å². The molecular weight excluding hydrogens is 410 g/mol. The van der Waals surface area contributed by atoms with E-state index in [9.17, 15) is 15.0 Å². The van der Waals surface area contributed by atoms with E-state index in [1.807, 2.05) is 13.0 Å². The standard InChI is InChI=1S/C29H43NO3/c1-19-8-7-9-21-25(2,11-10-20(31)23(19)32)14-17-29(6)22-18-27(4,24(30)33)13-12-26(22,3)15-16-28(21,29)5/h8-11,22,31-32H,7,12-18H2,1-6H3,(H2,30,33)/b11-10+,19-8+,21-9+,23-20-/t22-,25-,26-,27-,28-,29+/m1/s1. The molecular formula is C29H43NO3. The zero-order valence-electron chi connectivity index (χ0n) is 21.4. The maximum Gasteiger partial charge on any atom is 0.223 e. The van der Waals surface area contributed by atoms with E-state index in [1.54, 1.807) is 6.08 Å². The number of hydrogen-bond donors (Lipinski definition) is 3. The third-order valence-electron chi connectivity index (χ3n) is 10.9. The van der Waals surface area contributed by atoms with Gasteiger partial charge in [-0.25, -0.2) is 0 Å². The molecule has 0 spiro atoms. The molecule has 3 saturated carbocycles. The third kappa shape index (κ3) is 3.42. The number of aliphatic hydroxyl groups is 2. The van der Waals surface area contributed by atoms with Crippen LogP contribution in [0.15, 0.2) is 47.0 Å². The second-order valence-corrected chi connectivity index (χ2v) is 12.8. The van der Waals surface area contributed by atoms with E-state index in [2.05, 4.69) is 46.8 Å². The lowest BCUT2D eigenvalue weighted by Gasteiger charge is -2.69. The molecule has 182 valence electrons. The largest absolute Gasteiger partial charge is 0.504 e. The molecule has 1 amide bonds. The highest BCUT2D eigenvalue weighted by Gasteiger charge is 2.65. The van der Waals surface area contributed by atoms with E-state index >= 15 is 0 Å².